The summed E-state index contributed by atoms with van der Waals surface area (Å²) in [6.07, 6.45) is -0.119. The van der Waals surface area contributed by atoms with Gasteiger partial charge in [-0.25, -0.2) is 9.97 Å². The first-order valence-corrected chi connectivity index (χ1v) is 10.4. The van der Waals surface area contributed by atoms with Crippen LogP contribution in [0.3, 0.4) is 0 Å². The second-order valence-corrected chi connectivity index (χ2v) is 8.06. The molecule has 1 atom stereocenters. The van der Waals surface area contributed by atoms with Gasteiger partial charge in [0.15, 0.2) is 11.6 Å². The normalized spacial score (nSPS) is 14.6. The standard InChI is InChI=1S/C21H18ClF3N6O2/c1-11(29-20(33)13-6-14(21(23,24)25)8-15(22)7-13)18-27-10-28-31(18)17-5-4-16(9-26-17)30-19(32)12-2-3-12/h4-12H,2-3H2,1H3,(H,29,33)(H,30,32)/t11-/m0/s1. The van der Waals surface area contributed by atoms with Crippen LogP contribution in [0.5, 0.6) is 0 Å². The number of hydrogen-bond acceptors (Lipinski definition) is 5. The third-order valence-electron chi connectivity index (χ3n) is 4.98. The number of anilines is 1. The van der Waals surface area contributed by atoms with Crippen LogP contribution in [0.4, 0.5) is 18.9 Å². The highest BCUT2D eigenvalue weighted by molar-refractivity contribution is 6.31. The van der Waals surface area contributed by atoms with Crippen molar-refractivity contribution < 1.29 is 22.8 Å². The molecule has 0 radical (unpaired) electrons. The Morgan fingerprint density at radius 1 is 1.18 bits per heavy atom. The molecule has 1 saturated carbocycles. The summed E-state index contributed by atoms with van der Waals surface area (Å²) in [4.78, 5) is 32.9. The minimum Gasteiger partial charge on any atom is -0.342 e. The molecule has 2 N–H and O–H groups in total. The Kier molecular flexibility index (Phi) is 6.07. The third-order valence-corrected chi connectivity index (χ3v) is 5.20. The number of nitrogens with one attached hydrogen (secondary N) is 2. The fourth-order valence-electron chi connectivity index (χ4n) is 3.13. The van der Waals surface area contributed by atoms with Gasteiger partial charge in [-0.2, -0.15) is 23.0 Å². The summed E-state index contributed by atoms with van der Waals surface area (Å²) < 4.78 is 40.5. The first-order valence-electron chi connectivity index (χ1n) is 9.97. The molecule has 0 bridgehead atoms. The number of carbonyl (C=O) groups excluding carboxylic acids is 2. The quantitative estimate of drug-likeness (QED) is 0.553. The molecule has 2 heterocycles. The van der Waals surface area contributed by atoms with Crippen LogP contribution in [0.15, 0.2) is 42.9 Å². The lowest BCUT2D eigenvalue weighted by Crippen LogP contribution is -2.29. The highest BCUT2D eigenvalue weighted by atomic mass is 35.5. The summed E-state index contributed by atoms with van der Waals surface area (Å²) in [6.45, 7) is 1.61. The van der Waals surface area contributed by atoms with E-state index in [9.17, 15) is 22.8 Å². The van der Waals surface area contributed by atoms with Crippen molar-refractivity contribution in [3.8, 4) is 5.82 Å². The summed E-state index contributed by atoms with van der Waals surface area (Å²) >= 11 is 5.77. The second-order valence-electron chi connectivity index (χ2n) is 7.62. The van der Waals surface area contributed by atoms with Crippen molar-refractivity contribution >= 4 is 29.1 Å². The summed E-state index contributed by atoms with van der Waals surface area (Å²) in [7, 11) is 0. The smallest absolute Gasteiger partial charge is 0.342 e. The molecule has 1 fully saturated rings. The summed E-state index contributed by atoms with van der Waals surface area (Å²) in [6, 6.07) is 5.21. The van der Waals surface area contributed by atoms with Gasteiger partial charge in [0.1, 0.15) is 6.33 Å². The number of rotatable bonds is 6. The highest BCUT2D eigenvalue weighted by Gasteiger charge is 2.32. The SMILES string of the molecule is C[C@H](NC(=O)c1cc(Cl)cc(C(F)(F)F)c1)c1ncnn1-c1ccc(NC(=O)C2CC2)cn1. The number of hydrogen-bond donors (Lipinski definition) is 2. The van der Waals surface area contributed by atoms with Gasteiger partial charge in [0, 0.05) is 16.5 Å². The van der Waals surface area contributed by atoms with Crippen LogP contribution in [0, 0.1) is 5.92 Å². The molecule has 12 heteroatoms. The molecule has 172 valence electrons. The topological polar surface area (TPSA) is 102 Å². The molecule has 1 aromatic carbocycles. The van der Waals surface area contributed by atoms with E-state index in [-0.39, 0.29) is 22.4 Å². The van der Waals surface area contributed by atoms with Gasteiger partial charge in [0.05, 0.1) is 23.5 Å². The minimum atomic E-state index is -4.64. The average molecular weight is 479 g/mol. The van der Waals surface area contributed by atoms with E-state index in [2.05, 4.69) is 25.7 Å². The molecule has 0 spiro atoms. The van der Waals surface area contributed by atoms with Crippen molar-refractivity contribution in [3.05, 3.63) is 64.8 Å². The van der Waals surface area contributed by atoms with Crippen LogP contribution < -0.4 is 10.6 Å². The molecular weight excluding hydrogens is 461 g/mol. The van der Waals surface area contributed by atoms with Crippen LogP contribution in [-0.4, -0.2) is 31.6 Å². The molecule has 0 unspecified atom stereocenters. The molecular formula is C21H18ClF3N6O2. The Hall–Kier alpha value is -3.47. The van der Waals surface area contributed by atoms with Crippen LogP contribution in [0.2, 0.25) is 5.02 Å². The zero-order valence-corrected chi connectivity index (χ0v) is 18.0. The number of halogens is 4. The Morgan fingerprint density at radius 2 is 1.94 bits per heavy atom. The Bertz CT molecular complexity index is 1190. The molecule has 1 aliphatic rings. The van der Waals surface area contributed by atoms with E-state index < -0.39 is 23.7 Å². The van der Waals surface area contributed by atoms with Gasteiger partial charge in [-0.15, -0.1) is 0 Å². The third kappa shape index (κ3) is 5.30. The second kappa shape index (κ2) is 8.81. The van der Waals surface area contributed by atoms with Crippen molar-refractivity contribution in [2.24, 2.45) is 5.92 Å². The maximum atomic E-state index is 13.0. The molecule has 4 rings (SSSR count). The molecule has 0 saturated heterocycles. The summed E-state index contributed by atoms with van der Waals surface area (Å²) in [5.41, 5.74) is -0.712. The number of nitrogens with zero attached hydrogens (tertiary/aromatic N) is 4. The molecule has 1 aliphatic carbocycles. The molecule has 2 amide bonds. The maximum Gasteiger partial charge on any atom is 0.416 e. The molecule has 0 aliphatic heterocycles. The number of aromatic nitrogens is 4. The van der Waals surface area contributed by atoms with Gasteiger partial charge < -0.3 is 10.6 Å². The lowest BCUT2D eigenvalue weighted by molar-refractivity contribution is -0.137. The molecule has 3 aromatic rings. The van der Waals surface area contributed by atoms with Crippen molar-refractivity contribution in [2.75, 3.05) is 5.32 Å². The minimum absolute atomic E-state index is 0.0444. The number of carbonyl (C=O) groups is 2. The monoisotopic (exact) mass is 478 g/mol. The Morgan fingerprint density at radius 3 is 2.58 bits per heavy atom. The van der Waals surface area contributed by atoms with E-state index in [1.54, 1.807) is 19.1 Å². The molecule has 8 nitrogen and oxygen atoms in total. The number of alkyl halides is 3. The largest absolute Gasteiger partial charge is 0.416 e. The van der Waals surface area contributed by atoms with Crippen molar-refractivity contribution in [3.63, 3.8) is 0 Å². The Balaban J connectivity index is 1.49. The summed E-state index contributed by atoms with van der Waals surface area (Å²) in [5.74, 6) is -0.0465. The van der Waals surface area contributed by atoms with Crippen LogP contribution in [-0.2, 0) is 11.0 Å². The predicted octanol–water partition coefficient (Wildman–Crippen LogP) is 4.17. The fraction of sp³-hybridized carbons (Fsp3) is 0.286. The van der Waals surface area contributed by atoms with Crippen molar-refractivity contribution in [2.45, 2.75) is 32.0 Å². The van der Waals surface area contributed by atoms with E-state index in [0.717, 1.165) is 31.0 Å². The van der Waals surface area contributed by atoms with Crippen molar-refractivity contribution in [1.29, 1.82) is 0 Å². The van der Waals surface area contributed by atoms with Crippen LogP contribution in [0.25, 0.3) is 5.82 Å². The highest BCUT2D eigenvalue weighted by Crippen LogP contribution is 2.32. The fourth-order valence-corrected chi connectivity index (χ4v) is 3.36. The number of amides is 2. The Labute approximate surface area is 191 Å². The van der Waals surface area contributed by atoms with Crippen LogP contribution in [0.1, 0.15) is 47.6 Å². The van der Waals surface area contributed by atoms with E-state index in [0.29, 0.717) is 17.3 Å². The number of benzene rings is 1. The van der Waals surface area contributed by atoms with E-state index in [1.807, 2.05) is 0 Å². The van der Waals surface area contributed by atoms with Gasteiger partial charge in [-0.3, -0.25) is 9.59 Å². The van der Waals surface area contributed by atoms with Gasteiger partial charge in [-0.1, -0.05) is 11.6 Å². The first kappa shape index (κ1) is 22.7. The molecule has 33 heavy (non-hydrogen) atoms. The summed E-state index contributed by atoms with van der Waals surface area (Å²) in [5, 5.41) is 9.29. The maximum absolute atomic E-state index is 13.0. The van der Waals surface area contributed by atoms with Gasteiger partial charge in [0.25, 0.3) is 5.91 Å². The number of pyridine rings is 1. The molecule has 2 aromatic heterocycles. The van der Waals surface area contributed by atoms with Gasteiger partial charge >= 0.3 is 6.18 Å². The zero-order valence-electron chi connectivity index (χ0n) is 17.2. The van der Waals surface area contributed by atoms with E-state index >= 15 is 0 Å². The average Bonchev–Trinajstić information content (AvgIpc) is 3.50. The lowest BCUT2D eigenvalue weighted by atomic mass is 10.1. The van der Waals surface area contributed by atoms with E-state index in [1.165, 1.54) is 17.2 Å². The predicted molar refractivity (Wildman–Crippen MR) is 113 cm³/mol. The van der Waals surface area contributed by atoms with Crippen LogP contribution >= 0.6 is 11.6 Å². The first-order chi connectivity index (χ1) is 15.6. The van der Waals surface area contributed by atoms with Crippen molar-refractivity contribution in [1.82, 2.24) is 25.1 Å². The van der Waals surface area contributed by atoms with E-state index in [4.69, 9.17) is 11.6 Å². The van der Waals surface area contributed by atoms with Gasteiger partial charge in [-0.05, 0) is 50.1 Å². The lowest BCUT2D eigenvalue weighted by Gasteiger charge is -2.15. The zero-order chi connectivity index (χ0) is 23.8. The van der Waals surface area contributed by atoms with Gasteiger partial charge in [0.2, 0.25) is 5.91 Å².